The van der Waals surface area contributed by atoms with Gasteiger partial charge in [0.05, 0.1) is 11.4 Å². The maximum absolute atomic E-state index is 12.2. The third-order valence-corrected chi connectivity index (χ3v) is 4.46. The Morgan fingerprint density at radius 2 is 1.95 bits per heavy atom. The zero-order valence-corrected chi connectivity index (χ0v) is 13.0. The molecule has 0 aliphatic rings. The van der Waals surface area contributed by atoms with Gasteiger partial charge in [-0.2, -0.15) is 0 Å². The van der Waals surface area contributed by atoms with E-state index in [1.54, 1.807) is 6.07 Å². The van der Waals surface area contributed by atoms with Gasteiger partial charge in [-0.25, -0.2) is 4.79 Å². The minimum atomic E-state index is -0.437. The molecule has 0 atom stereocenters. The van der Waals surface area contributed by atoms with Crippen LogP contribution in [0.2, 0.25) is 0 Å². The van der Waals surface area contributed by atoms with E-state index in [0.717, 1.165) is 22.3 Å². The fraction of sp³-hybridized carbons (Fsp3) is 0.400. The predicted octanol–water partition coefficient (Wildman–Crippen LogP) is 1.93. The van der Waals surface area contributed by atoms with E-state index in [2.05, 4.69) is 0 Å². The Bertz CT molecular complexity index is 755. The Kier molecular flexibility index (Phi) is 4.90. The summed E-state index contributed by atoms with van der Waals surface area (Å²) in [4.78, 5) is 37.9. The van der Waals surface area contributed by atoms with Gasteiger partial charge in [-0.15, -0.1) is 11.3 Å². The first-order valence-electron chi connectivity index (χ1n) is 6.99. The lowest BCUT2D eigenvalue weighted by molar-refractivity contribution is 0.0972. The lowest BCUT2D eigenvalue weighted by atomic mass is 10.3. The minimum absolute atomic E-state index is 0.201. The SMILES string of the molecule is CCCn1ccc(=O)n(CC(=O)c2ccc(CC)s2)c1=O. The van der Waals surface area contributed by atoms with Gasteiger partial charge in [0.1, 0.15) is 0 Å². The second-order valence-electron chi connectivity index (χ2n) is 4.76. The monoisotopic (exact) mass is 306 g/mol. The third kappa shape index (κ3) is 3.39. The number of hydrogen-bond acceptors (Lipinski definition) is 4. The van der Waals surface area contributed by atoms with Crippen molar-refractivity contribution in [2.45, 2.75) is 39.8 Å². The molecule has 0 amide bonds. The van der Waals surface area contributed by atoms with Crippen LogP contribution >= 0.6 is 11.3 Å². The average Bonchev–Trinajstić information content (AvgIpc) is 2.95. The van der Waals surface area contributed by atoms with Gasteiger partial charge in [0.2, 0.25) is 0 Å². The van der Waals surface area contributed by atoms with Crippen LogP contribution in [-0.2, 0) is 19.5 Å². The van der Waals surface area contributed by atoms with Crippen molar-refractivity contribution in [2.75, 3.05) is 0 Å². The molecular formula is C15H18N2O3S. The van der Waals surface area contributed by atoms with E-state index in [0.29, 0.717) is 11.4 Å². The summed E-state index contributed by atoms with van der Waals surface area (Å²) in [5.41, 5.74) is -0.863. The number of hydrogen-bond donors (Lipinski definition) is 0. The lowest BCUT2D eigenvalue weighted by Crippen LogP contribution is -2.40. The van der Waals surface area contributed by atoms with E-state index in [9.17, 15) is 14.4 Å². The number of carbonyl (C=O) groups excluding carboxylic acids is 1. The zero-order chi connectivity index (χ0) is 15.4. The van der Waals surface area contributed by atoms with Crippen molar-refractivity contribution in [1.29, 1.82) is 0 Å². The van der Waals surface area contributed by atoms with E-state index in [1.165, 1.54) is 28.2 Å². The Balaban J connectivity index is 2.30. The van der Waals surface area contributed by atoms with E-state index < -0.39 is 11.2 Å². The molecule has 0 saturated carbocycles. The van der Waals surface area contributed by atoms with Crippen molar-refractivity contribution in [2.24, 2.45) is 0 Å². The maximum Gasteiger partial charge on any atom is 0.331 e. The summed E-state index contributed by atoms with van der Waals surface area (Å²) in [7, 11) is 0. The fourth-order valence-corrected chi connectivity index (χ4v) is 2.93. The maximum atomic E-state index is 12.2. The molecule has 112 valence electrons. The van der Waals surface area contributed by atoms with Crippen LogP contribution in [-0.4, -0.2) is 14.9 Å². The molecule has 0 aromatic carbocycles. The zero-order valence-electron chi connectivity index (χ0n) is 12.2. The number of nitrogens with zero attached hydrogens (tertiary/aromatic N) is 2. The fourth-order valence-electron chi connectivity index (χ4n) is 2.05. The number of Topliss-reactive ketones (excluding diaryl/α,β-unsaturated/α-hetero) is 1. The topological polar surface area (TPSA) is 61.1 Å². The van der Waals surface area contributed by atoms with E-state index in [-0.39, 0.29) is 12.3 Å². The molecule has 0 N–H and O–H groups in total. The van der Waals surface area contributed by atoms with Crippen LogP contribution in [0, 0.1) is 0 Å². The smallest absolute Gasteiger partial charge is 0.300 e. The van der Waals surface area contributed by atoms with Gasteiger partial charge in [-0.05, 0) is 25.0 Å². The van der Waals surface area contributed by atoms with E-state index in [1.807, 2.05) is 19.9 Å². The number of rotatable bonds is 6. The Morgan fingerprint density at radius 1 is 1.19 bits per heavy atom. The second kappa shape index (κ2) is 6.67. The number of ketones is 1. The molecule has 5 nitrogen and oxygen atoms in total. The first-order valence-corrected chi connectivity index (χ1v) is 7.80. The van der Waals surface area contributed by atoms with Gasteiger partial charge in [0.15, 0.2) is 5.78 Å². The van der Waals surface area contributed by atoms with Gasteiger partial charge in [0, 0.05) is 23.7 Å². The predicted molar refractivity (Wildman–Crippen MR) is 83.3 cm³/mol. The van der Waals surface area contributed by atoms with Crippen LogP contribution < -0.4 is 11.2 Å². The van der Waals surface area contributed by atoms with Crippen molar-refractivity contribution in [3.63, 3.8) is 0 Å². The average molecular weight is 306 g/mol. The molecule has 0 fully saturated rings. The number of thiophene rings is 1. The molecule has 2 rings (SSSR count). The number of aromatic nitrogens is 2. The number of carbonyl (C=O) groups is 1. The van der Waals surface area contributed by atoms with Gasteiger partial charge in [0.25, 0.3) is 5.56 Å². The summed E-state index contributed by atoms with van der Waals surface area (Å²) in [6.45, 7) is 4.30. The molecule has 2 aromatic rings. The standard InChI is InChI=1S/C15H18N2O3S/c1-3-8-16-9-7-14(19)17(15(16)20)10-12(18)13-6-5-11(4-2)21-13/h5-7,9H,3-4,8,10H2,1-2H3. The molecule has 0 bridgehead atoms. The van der Waals surface area contributed by atoms with E-state index in [4.69, 9.17) is 0 Å². The summed E-state index contributed by atoms with van der Waals surface area (Å²) in [6.07, 6.45) is 3.14. The molecule has 0 saturated heterocycles. The van der Waals surface area contributed by atoms with Crippen LogP contribution in [0.3, 0.4) is 0 Å². The molecule has 0 radical (unpaired) electrons. The van der Waals surface area contributed by atoms with Crippen LogP contribution in [0.4, 0.5) is 0 Å². The van der Waals surface area contributed by atoms with Crippen LogP contribution in [0.15, 0.2) is 34.0 Å². The molecule has 2 heterocycles. The molecular weight excluding hydrogens is 288 g/mol. The summed E-state index contributed by atoms with van der Waals surface area (Å²) < 4.78 is 2.46. The quantitative estimate of drug-likeness (QED) is 0.766. The van der Waals surface area contributed by atoms with Crippen molar-refractivity contribution >= 4 is 17.1 Å². The first-order chi connectivity index (χ1) is 10.1. The molecule has 0 aliphatic heterocycles. The highest BCUT2D eigenvalue weighted by atomic mass is 32.1. The lowest BCUT2D eigenvalue weighted by Gasteiger charge is -2.07. The minimum Gasteiger partial charge on any atom is -0.300 e. The molecule has 6 heteroatoms. The van der Waals surface area contributed by atoms with Crippen LogP contribution in [0.25, 0.3) is 0 Å². The Hall–Kier alpha value is -1.95. The summed E-state index contributed by atoms with van der Waals surface area (Å²) in [5, 5.41) is 0. The first kappa shape index (κ1) is 15.4. The van der Waals surface area contributed by atoms with Crippen molar-refractivity contribution in [3.05, 3.63) is 55.0 Å². The van der Waals surface area contributed by atoms with Gasteiger partial charge < -0.3 is 4.57 Å². The van der Waals surface area contributed by atoms with Gasteiger partial charge in [-0.3, -0.25) is 14.2 Å². The van der Waals surface area contributed by atoms with E-state index >= 15 is 0 Å². The molecule has 0 unspecified atom stereocenters. The molecule has 21 heavy (non-hydrogen) atoms. The highest BCUT2D eigenvalue weighted by Crippen LogP contribution is 2.17. The normalized spacial score (nSPS) is 10.8. The number of aryl methyl sites for hydroxylation is 2. The van der Waals surface area contributed by atoms with Crippen LogP contribution in [0.1, 0.15) is 34.8 Å². The largest absolute Gasteiger partial charge is 0.331 e. The Morgan fingerprint density at radius 3 is 2.57 bits per heavy atom. The molecule has 0 spiro atoms. The highest BCUT2D eigenvalue weighted by molar-refractivity contribution is 7.14. The molecule has 2 aromatic heterocycles. The summed E-state index contributed by atoms with van der Waals surface area (Å²) >= 11 is 1.41. The summed E-state index contributed by atoms with van der Waals surface area (Å²) in [5.74, 6) is -0.201. The van der Waals surface area contributed by atoms with Crippen LogP contribution in [0.5, 0.6) is 0 Å². The van der Waals surface area contributed by atoms with Crippen molar-refractivity contribution < 1.29 is 4.79 Å². The highest BCUT2D eigenvalue weighted by Gasteiger charge is 2.13. The van der Waals surface area contributed by atoms with Crippen molar-refractivity contribution in [1.82, 2.24) is 9.13 Å². The van der Waals surface area contributed by atoms with Gasteiger partial charge >= 0.3 is 5.69 Å². The second-order valence-corrected chi connectivity index (χ2v) is 5.93. The van der Waals surface area contributed by atoms with Crippen molar-refractivity contribution in [3.8, 4) is 0 Å². The molecule has 0 aliphatic carbocycles. The Labute approximate surface area is 126 Å². The third-order valence-electron chi connectivity index (χ3n) is 3.19. The van der Waals surface area contributed by atoms with Gasteiger partial charge in [-0.1, -0.05) is 13.8 Å². The summed E-state index contributed by atoms with van der Waals surface area (Å²) in [6, 6.07) is 4.99.